The van der Waals surface area contributed by atoms with Crippen LogP contribution in [-0.4, -0.2) is 41.9 Å². The van der Waals surface area contributed by atoms with Gasteiger partial charge in [0.25, 0.3) is 0 Å². The summed E-state index contributed by atoms with van der Waals surface area (Å²) < 4.78 is 10.6. The Labute approximate surface area is 125 Å². The molecule has 21 heavy (non-hydrogen) atoms. The Morgan fingerprint density at radius 2 is 2.10 bits per heavy atom. The average Bonchev–Trinajstić information content (AvgIpc) is 2.92. The van der Waals surface area contributed by atoms with E-state index < -0.39 is 0 Å². The van der Waals surface area contributed by atoms with E-state index >= 15 is 0 Å². The van der Waals surface area contributed by atoms with E-state index in [1.165, 1.54) is 0 Å². The third-order valence-corrected chi connectivity index (χ3v) is 3.57. The Morgan fingerprint density at radius 3 is 2.81 bits per heavy atom. The molecule has 0 saturated carbocycles. The number of nitrogens with zero attached hydrogens (tertiary/aromatic N) is 1. The van der Waals surface area contributed by atoms with Crippen LogP contribution in [0.4, 0.5) is 0 Å². The van der Waals surface area contributed by atoms with Crippen LogP contribution in [0.2, 0.25) is 0 Å². The van der Waals surface area contributed by atoms with Crippen LogP contribution in [0.1, 0.15) is 32.3 Å². The number of hydrogen-bond donors (Lipinski definition) is 1. The molecule has 1 aromatic carbocycles. The van der Waals surface area contributed by atoms with Crippen molar-refractivity contribution >= 4 is 5.91 Å². The Bertz CT molecular complexity index is 487. The minimum absolute atomic E-state index is 0.110. The molecule has 0 saturated heterocycles. The first kappa shape index (κ1) is 15.6. The molecule has 0 unspecified atom stereocenters. The number of rotatable bonds is 7. The molecule has 0 aromatic heterocycles. The van der Waals surface area contributed by atoms with Gasteiger partial charge >= 0.3 is 0 Å². The molecule has 1 aliphatic heterocycles. The molecular weight excluding hydrogens is 270 g/mol. The van der Waals surface area contributed by atoms with Gasteiger partial charge in [-0.2, -0.15) is 0 Å². The average molecular weight is 293 g/mol. The number of benzene rings is 1. The lowest BCUT2D eigenvalue weighted by atomic mass is 10.1. The van der Waals surface area contributed by atoms with E-state index in [0.717, 1.165) is 17.1 Å². The van der Waals surface area contributed by atoms with E-state index in [1.807, 2.05) is 36.9 Å². The molecule has 0 atom stereocenters. The maximum Gasteiger partial charge on any atom is 0.231 e. The van der Waals surface area contributed by atoms with Crippen molar-refractivity contribution in [1.29, 1.82) is 0 Å². The van der Waals surface area contributed by atoms with Crippen molar-refractivity contribution in [2.45, 2.75) is 39.2 Å². The fourth-order valence-electron chi connectivity index (χ4n) is 2.40. The molecule has 2 rings (SSSR count). The van der Waals surface area contributed by atoms with E-state index in [2.05, 4.69) is 0 Å². The van der Waals surface area contributed by atoms with E-state index in [1.54, 1.807) is 0 Å². The minimum Gasteiger partial charge on any atom is -0.454 e. The van der Waals surface area contributed by atoms with Crippen LogP contribution in [0, 0.1) is 0 Å². The van der Waals surface area contributed by atoms with Crippen molar-refractivity contribution < 1.29 is 19.4 Å². The van der Waals surface area contributed by atoms with Crippen molar-refractivity contribution in [3.63, 3.8) is 0 Å². The number of hydrogen-bond acceptors (Lipinski definition) is 4. The summed E-state index contributed by atoms with van der Waals surface area (Å²) in [5.74, 6) is 1.63. The van der Waals surface area contributed by atoms with Crippen molar-refractivity contribution in [2.24, 2.45) is 0 Å². The summed E-state index contributed by atoms with van der Waals surface area (Å²) in [6.07, 6.45) is 1.76. The second-order valence-electron chi connectivity index (χ2n) is 5.45. The zero-order valence-corrected chi connectivity index (χ0v) is 12.7. The molecule has 1 amide bonds. The van der Waals surface area contributed by atoms with Gasteiger partial charge in [-0.05, 0) is 44.4 Å². The highest BCUT2D eigenvalue weighted by Crippen LogP contribution is 2.32. The molecular formula is C16H23NO4. The van der Waals surface area contributed by atoms with Gasteiger partial charge in [0.1, 0.15) is 0 Å². The molecule has 0 fully saturated rings. The molecule has 0 bridgehead atoms. The Kier molecular flexibility index (Phi) is 5.44. The van der Waals surface area contributed by atoms with Gasteiger partial charge in [-0.15, -0.1) is 0 Å². The smallest absolute Gasteiger partial charge is 0.231 e. The summed E-state index contributed by atoms with van der Waals surface area (Å²) in [7, 11) is 0. The first-order valence-electron chi connectivity index (χ1n) is 7.40. The molecule has 0 radical (unpaired) electrons. The fourth-order valence-corrected chi connectivity index (χ4v) is 2.40. The molecule has 5 nitrogen and oxygen atoms in total. The topological polar surface area (TPSA) is 59.0 Å². The number of aryl methyl sites for hydroxylation is 1. The van der Waals surface area contributed by atoms with Crippen molar-refractivity contribution in [2.75, 3.05) is 19.9 Å². The quantitative estimate of drug-likeness (QED) is 0.835. The molecule has 5 heteroatoms. The summed E-state index contributed by atoms with van der Waals surface area (Å²) in [6.45, 7) is 4.97. The first-order valence-corrected chi connectivity index (χ1v) is 7.40. The normalized spacial score (nSPS) is 12.8. The monoisotopic (exact) mass is 293 g/mol. The minimum atomic E-state index is 0.110. The van der Waals surface area contributed by atoms with E-state index in [4.69, 9.17) is 14.6 Å². The van der Waals surface area contributed by atoms with Gasteiger partial charge in [0, 0.05) is 25.6 Å². The van der Waals surface area contributed by atoms with Crippen LogP contribution >= 0.6 is 0 Å². The summed E-state index contributed by atoms with van der Waals surface area (Å²) in [4.78, 5) is 14.1. The number of fused-ring (bicyclic) bond motifs is 1. The third kappa shape index (κ3) is 4.11. The second-order valence-corrected chi connectivity index (χ2v) is 5.45. The van der Waals surface area contributed by atoms with Gasteiger partial charge in [-0.1, -0.05) is 6.07 Å². The molecule has 1 aliphatic rings. The lowest BCUT2D eigenvalue weighted by molar-refractivity contribution is -0.133. The molecule has 116 valence electrons. The van der Waals surface area contributed by atoms with Crippen LogP contribution in [0.25, 0.3) is 0 Å². The van der Waals surface area contributed by atoms with Crippen LogP contribution in [-0.2, 0) is 11.2 Å². The van der Waals surface area contributed by atoms with Gasteiger partial charge < -0.3 is 19.5 Å². The lowest BCUT2D eigenvalue weighted by Gasteiger charge is -2.26. The summed E-state index contributed by atoms with van der Waals surface area (Å²) >= 11 is 0. The zero-order chi connectivity index (χ0) is 15.2. The van der Waals surface area contributed by atoms with Crippen molar-refractivity contribution in [1.82, 2.24) is 4.90 Å². The molecule has 1 aromatic rings. The highest BCUT2D eigenvalue weighted by molar-refractivity contribution is 5.76. The first-order chi connectivity index (χ1) is 10.1. The van der Waals surface area contributed by atoms with E-state index in [9.17, 15) is 4.79 Å². The zero-order valence-electron chi connectivity index (χ0n) is 12.7. The Hall–Kier alpha value is -1.75. The Balaban J connectivity index is 1.90. The highest BCUT2D eigenvalue weighted by atomic mass is 16.7. The second kappa shape index (κ2) is 7.31. The Morgan fingerprint density at radius 1 is 1.33 bits per heavy atom. The summed E-state index contributed by atoms with van der Waals surface area (Å²) in [5, 5.41) is 8.91. The van der Waals surface area contributed by atoms with Gasteiger partial charge in [0.15, 0.2) is 11.5 Å². The number of ether oxygens (including phenoxy) is 2. The van der Waals surface area contributed by atoms with Crippen LogP contribution < -0.4 is 9.47 Å². The number of amides is 1. The SMILES string of the molecule is CC(C)N(CCCO)C(=O)CCc1ccc2c(c1)OCO2. The third-order valence-electron chi connectivity index (χ3n) is 3.57. The molecule has 1 heterocycles. The molecule has 0 aliphatic carbocycles. The number of aliphatic hydroxyl groups is 1. The lowest BCUT2D eigenvalue weighted by Crippen LogP contribution is -2.38. The largest absolute Gasteiger partial charge is 0.454 e. The van der Waals surface area contributed by atoms with Gasteiger partial charge in [0.2, 0.25) is 12.7 Å². The molecule has 1 N–H and O–H groups in total. The number of carbonyl (C=O) groups excluding carboxylic acids is 1. The van der Waals surface area contributed by atoms with E-state index in [0.29, 0.717) is 25.8 Å². The van der Waals surface area contributed by atoms with Gasteiger partial charge in [0.05, 0.1) is 0 Å². The number of aliphatic hydroxyl groups excluding tert-OH is 1. The van der Waals surface area contributed by atoms with Crippen molar-refractivity contribution in [3.05, 3.63) is 23.8 Å². The summed E-state index contributed by atoms with van der Waals surface area (Å²) in [5.41, 5.74) is 1.07. The van der Waals surface area contributed by atoms with Gasteiger partial charge in [-0.25, -0.2) is 0 Å². The van der Waals surface area contributed by atoms with Crippen LogP contribution in [0.3, 0.4) is 0 Å². The van der Waals surface area contributed by atoms with Crippen molar-refractivity contribution in [3.8, 4) is 11.5 Å². The maximum atomic E-state index is 12.3. The molecule has 0 spiro atoms. The predicted molar refractivity (Wildman–Crippen MR) is 79.4 cm³/mol. The predicted octanol–water partition coefficient (Wildman–Crippen LogP) is 1.97. The van der Waals surface area contributed by atoms with E-state index in [-0.39, 0.29) is 25.3 Å². The standard InChI is InChI=1S/C16H23NO4/c1-12(2)17(8-3-9-18)16(19)7-5-13-4-6-14-15(10-13)21-11-20-14/h4,6,10,12,18H,3,5,7-9,11H2,1-2H3. The summed E-state index contributed by atoms with van der Waals surface area (Å²) in [6, 6.07) is 5.94. The highest BCUT2D eigenvalue weighted by Gasteiger charge is 2.17. The number of carbonyl (C=O) groups is 1. The van der Waals surface area contributed by atoms with Crippen LogP contribution in [0.5, 0.6) is 11.5 Å². The van der Waals surface area contributed by atoms with Gasteiger partial charge in [-0.3, -0.25) is 4.79 Å². The maximum absolute atomic E-state index is 12.3. The fraction of sp³-hybridized carbons (Fsp3) is 0.562. The van der Waals surface area contributed by atoms with Crippen LogP contribution in [0.15, 0.2) is 18.2 Å².